The fourth-order valence-electron chi connectivity index (χ4n) is 6.17. The molecule has 0 aliphatic heterocycles. The van der Waals surface area contributed by atoms with Crippen LogP contribution in [-0.4, -0.2) is 0 Å². The lowest BCUT2D eigenvalue weighted by Gasteiger charge is -2.29. The van der Waals surface area contributed by atoms with Crippen molar-refractivity contribution in [3.05, 3.63) is 193 Å². The van der Waals surface area contributed by atoms with Gasteiger partial charge in [-0.2, -0.15) is 0 Å². The van der Waals surface area contributed by atoms with E-state index in [4.69, 9.17) is 9.15 Å². The van der Waals surface area contributed by atoms with Crippen LogP contribution in [0.2, 0.25) is 0 Å². The third kappa shape index (κ3) is 5.58. The number of fused-ring (bicyclic) bond motifs is 3. The minimum absolute atomic E-state index is 0.744. The summed E-state index contributed by atoms with van der Waals surface area (Å²) >= 11 is 0. The van der Waals surface area contributed by atoms with Crippen molar-refractivity contribution >= 4 is 50.4 Å². The average molecular weight is 609 g/mol. The van der Waals surface area contributed by atoms with Crippen molar-refractivity contribution in [1.29, 1.82) is 0 Å². The van der Waals surface area contributed by atoms with Crippen molar-refractivity contribution < 1.29 is 9.15 Å². The molecule has 0 spiro atoms. The second-order valence-electron chi connectivity index (χ2n) is 11.3. The summed E-state index contributed by atoms with van der Waals surface area (Å²) in [5.74, 6) is 1.53. The number of rotatable bonds is 8. The smallest absolute Gasteiger partial charge is 0.159 e. The number of benzene rings is 6. The molecule has 4 nitrogen and oxygen atoms in total. The molecule has 7 aromatic rings. The van der Waals surface area contributed by atoms with Crippen LogP contribution in [0.5, 0.6) is 5.75 Å². The van der Waals surface area contributed by atoms with Crippen molar-refractivity contribution in [3.63, 3.8) is 0 Å². The summed E-state index contributed by atoms with van der Waals surface area (Å²) in [5, 5.41) is 2.03. The number of hydrogen-bond donors (Lipinski definition) is 0. The van der Waals surface area contributed by atoms with Crippen LogP contribution >= 0.6 is 0 Å². The van der Waals surface area contributed by atoms with Gasteiger partial charge in [-0.3, -0.25) is 0 Å². The maximum Gasteiger partial charge on any atom is 0.159 e. The van der Waals surface area contributed by atoms with Crippen LogP contribution in [0.25, 0.3) is 21.9 Å². The Labute approximate surface area is 274 Å². The third-order valence-electron chi connectivity index (χ3n) is 8.30. The fourth-order valence-corrected chi connectivity index (χ4v) is 6.17. The molecule has 0 radical (unpaired) electrons. The number of anilines is 5. The zero-order valence-corrected chi connectivity index (χ0v) is 25.7. The molecule has 0 saturated carbocycles. The molecule has 4 heteroatoms. The van der Waals surface area contributed by atoms with Crippen molar-refractivity contribution in [2.45, 2.75) is 6.42 Å². The van der Waals surface area contributed by atoms with Gasteiger partial charge in [-0.15, -0.1) is 0 Å². The highest BCUT2D eigenvalue weighted by atomic mass is 16.5. The molecule has 47 heavy (non-hydrogen) atoms. The first-order chi connectivity index (χ1) is 23.3. The molecule has 226 valence electrons. The summed E-state index contributed by atoms with van der Waals surface area (Å²) in [5.41, 5.74) is 7.80. The number of hydrogen-bond acceptors (Lipinski definition) is 4. The largest absolute Gasteiger partial charge is 0.455 e. The Balaban J connectivity index is 1.20. The maximum absolute atomic E-state index is 6.77. The summed E-state index contributed by atoms with van der Waals surface area (Å²) in [6, 6.07) is 54.0. The molecular weight excluding hydrogens is 576 g/mol. The molecule has 6 aromatic carbocycles. The van der Waals surface area contributed by atoms with E-state index in [1.54, 1.807) is 0 Å². The standard InChI is InChI=1S/C43H32N2O2/c1-6-17-32(18-7-1)44(33-19-8-2-9-20-33)39-26-14-5-15-28-42(39)46-36-29-30-41-38(31-36)37-25-16-27-40(43(37)47-41)45(34-21-10-3-11-22-34)35-23-12-4-13-24-35/h1-14,16-31H,15H2. The fraction of sp³-hybridized carbons (Fsp3) is 0.0233. The van der Waals surface area contributed by atoms with E-state index in [-0.39, 0.29) is 0 Å². The molecule has 0 atom stereocenters. The molecule has 0 fully saturated rings. The molecule has 1 heterocycles. The molecule has 8 rings (SSSR count). The zero-order chi connectivity index (χ0) is 31.4. The lowest BCUT2D eigenvalue weighted by atomic mass is 10.1. The van der Waals surface area contributed by atoms with Gasteiger partial charge in [0.15, 0.2) is 5.58 Å². The van der Waals surface area contributed by atoms with E-state index in [0.717, 1.165) is 74.0 Å². The van der Waals surface area contributed by atoms with Gasteiger partial charge in [0.1, 0.15) is 17.1 Å². The molecule has 1 aliphatic carbocycles. The van der Waals surface area contributed by atoms with Gasteiger partial charge in [-0.25, -0.2) is 0 Å². The van der Waals surface area contributed by atoms with Gasteiger partial charge >= 0.3 is 0 Å². The van der Waals surface area contributed by atoms with E-state index in [1.165, 1.54) is 0 Å². The van der Waals surface area contributed by atoms with E-state index < -0.39 is 0 Å². The van der Waals surface area contributed by atoms with Gasteiger partial charge < -0.3 is 19.0 Å². The summed E-state index contributed by atoms with van der Waals surface area (Å²) in [6.45, 7) is 0. The van der Waals surface area contributed by atoms with E-state index in [0.29, 0.717) is 0 Å². The van der Waals surface area contributed by atoms with Crippen LogP contribution in [0.15, 0.2) is 198 Å². The van der Waals surface area contributed by atoms with E-state index in [1.807, 2.05) is 36.4 Å². The lowest BCUT2D eigenvalue weighted by molar-refractivity contribution is 0.433. The quantitative estimate of drug-likeness (QED) is 0.172. The van der Waals surface area contributed by atoms with Crippen LogP contribution in [0.1, 0.15) is 6.42 Å². The van der Waals surface area contributed by atoms with Crippen LogP contribution in [0, 0.1) is 0 Å². The molecule has 1 aliphatic rings. The number of ether oxygens (including phenoxy) is 1. The molecular formula is C43H32N2O2. The average Bonchev–Trinajstić information content (AvgIpc) is 3.36. The van der Waals surface area contributed by atoms with Gasteiger partial charge in [0.05, 0.1) is 11.4 Å². The monoisotopic (exact) mass is 608 g/mol. The van der Waals surface area contributed by atoms with Crippen molar-refractivity contribution in [2.75, 3.05) is 9.80 Å². The van der Waals surface area contributed by atoms with Crippen molar-refractivity contribution in [1.82, 2.24) is 0 Å². The first kappa shape index (κ1) is 28.2. The number of nitrogens with zero attached hydrogens (tertiary/aromatic N) is 2. The lowest BCUT2D eigenvalue weighted by Crippen LogP contribution is -2.20. The van der Waals surface area contributed by atoms with Crippen LogP contribution in [0.4, 0.5) is 28.4 Å². The molecule has 0 saturated heterocycles. The van der Waals surface area contributed by atoms with Gasteiger partial charge in [0, 0.05) is 33.5 Å². The first-order valence-electron chi connectivity index (χ1n) is 15.8. The van der Waals surface area contributed by atoms with E-state index in [2.05, 4.69) is 155 Å². The predicted molar refractivity (Wildman–Crippen MR) is 194 cm³/mol. The van der Waals surface area contributed by atoms with Crippen LogP contribution in [-0.2, 0) is 0 Å². The minimum atomic E-state index is 0.744. The number of furan rings is 1. The van der Waals surface area contributed by atoms with Crippen molar-refractivity contribution in [3.8, 4) is 5.75 Å². The Morgan fingerprint density at radius 1 is 0.532 bits per heavy atom. The Morgan fingerprint density at radius 3 is 1.70 bits per heavy atom. The van der Waals surface area contributed by atoms with Crippen LogP contribution in [0.3, 0.4) is 0 Å². The van der Waals surface area contributed by atoms with Gasteiger partial charge in [0.2, 0.25) is 0 Å². The molecule has 0 unspecified atom stereocenters. The summed E-state index contributed by atoms with van der Waals surface area (Å²) in [6.07, 6.45) is 9.27. The third-order valence-corrected chi connectivity index (χ3v) is 8.30. The number of para-hydroxylation sites is 5. The summed E-state index contributed by atoms with van der Waals surface area (Å²) in [7, 11) is 0. The molecule has 0 bridgehead atoms. The predicted octanol–water partition coefficient (Wildman–Crippen LogP) is 12.0. The Morgan fingerprint density at radius 2 is 1.11 bits per heavy atom. The Bertz CT molecular complexity index is 2160. The van der Waals surface area contributed by atoms with E-state index >= 15 is 0 Å². The van der Waals surface area contributed by atoms with Gasteiger partial charge in [-0.1, -0.05) is 97.1 Å². The molecule has 1 aromatic heterocycles. The van der Waals surface area contributed by atoms with Crippen LogP contribution < -0.4 is 14.5 Å². The molecule has 0 N–H and O–H groups in total. The molecule has 0 amide bonds. The maximum atomic E-state index is 6.77. The highest BCUT2D eigenvalue weighted by Gasteiger charge is 2.22. The second kappa shape index (κ2) is 12.6. The minimum Gasteiger partial charge on any atom is -0.455 e. The zero-order valence-electron chi connectivity index (χ0n) is 25.7. The summed E-state index contributed by atoms with van der Waals surface area (Å²) in [4.78, 5) is 4.48. The van der Waals surface area contributed by atoms with E-state index in [9.17, 15) is 0 Å². The Hall–Kier alpha value is -6.26. The van der Waals surface area contributed by atoms with Crippen molar-refractivity contribution in [2.24, 2.45) is 0 Å². The topological polar surface area (TPSA) is 28.9 Å². The highest BCUT2D eigenvalue weighted by molar-refractivity contribution is 6.10. The normalized spacial score (nSPS) is 12.8. The second-order valence-corrected chi connectivity index (χ2v) is 11.3. The summed E-state index contributed by atoms with van der Waals surface area (Å²) < 4.78 is 13.4. The highest BCUT2D eigenvalue weighted by Crippen LogP contribution is 2.43. The first-order valence-corrected chi connectivity index (χ1v) is 15.8. The SMILES string of the molecule is C1=CCC=C(Oc2ccc3oc4c(N(c5ccccc5)c5ccccc5)cccc4c3c2)C(N(c2ccccc2)c2ccccc2)=C1. The van der Waals surface area contributed by atoms with Gasteiger partial charge in [0.25, 0.3) is 0 Å². The number of allylic oxidation sites excluding steroid dienone is 4. The van der Waals surface area contributed by atoms with Gasteiger partial charge in [-0.05, 0) is 91.4 Å². The Kier molecular flexibility index (Phi) is 7.58.